The van der Waals surface area contributed by atoms with Gasteiger partial charge in [-0.3, -0.25) is 4.79 Å². The van der Waals surface area contributed by atoms with Crippen LogP contribution >= 0.6 is 0 Å². The molecule has 0 bridgehead atoms. The number of carbonyl (C=O) groups excluding carboxylic acids is 1. The first-order valence-electron chi connectivity index (χ1n) is 8.74. The molecule has 1 aromatic carbocycles. The molecule has 1 fully saturated rings. The van der Waals surface area contributed by atoms with Crippen LogP contribution < -0.4 is 0 Å². The second kappa shape index (κ2) is 6.40. The molecule has 3 aromatic rings. The maximum absolute atomic E-state index is 12.8. The van der Waals surface area contributed by atoms with Gasteiger partial charge in [0, 0.05) is 24.3 Å². The molecule has 1 unspecified atom stereocenters. The van der Waals surface area contributed by atoms with Crippen molar-refractivity contribution in [3.05, 3.63) is 59.0 Å². The van der Waals surface area contributed by atoms with Crippen LogP contribution in [0.1, 0.15) is 45.8 Å². The summed E-state index contributed by atoms with van der Waals surface area (Å²) in [4.78, 5) is 18.9. The Morgan fingerprint density at radius 2 is 1.96 bits per heavy atom. The lowest BCUT2D eigenvalue weighted by Crippen LogP contribution is -2.28. The molecule has 1 aliphatic rings. The van der Waals surface area contributed by atoms with Crippen LogP contribution in [0.5, 0.6) is 0 Å². The number of rotatable bonds is 3. The van der Waals surface area contributed by atoms with Gasteiger partial charge in [-0.15, -0.1) is 0 Å². The zero-order valence-corrected chi connectivity index (χ0v) is 15.1. The Morgan fingerprint density at radius 3 is 2.58 bits per heavy atom. The van der Waals surface area contributed by atoms with Crippen LogP contribution in [0, 0.1) is 20.8 Å². The van der Waals surface area contributed by atoms with E-state index in [0.717, 1.165) is 23.5 Å². The molecule has 2 aromatic heterocycles. The molecule has 26 heavy (non-hydrogen) atoms. The van der Waals surface area contributed by atoms with E-state index in [9.17, 15) is 4.79 Å². The Hall–Kier alpha value is -2.96. The van der Waals surface area contributed by atoms with E-state index in [-0.39, 0.29) is 11.8 Å². The SMILES string of the molecule is Cc1cc(C)n(-c2ccc(C(=O)N3CCC(c4nc(C)no4)C3)cc2)n1. The van der Waals surface area contributed by atoms with Crippen molar-refractivity contribution >= 4 is 5.91 Å². The van der Waals surface area contributed by atoms with Gasteiger partial charge in [0.1, 0.15) is 0 Å². The Morgan fingerprint density at radius 1 is 1.19 bits per heavy atom. The molecule has 7 nitrogen and oxygen atoms in total. The summed E-state index contributed by atoms with van der Waals surface area (Å²) < 4.78 is 7.13. The number of amides is 1. The third kappa shape index (κ3) is 3.00. The minimum atomic E-state index is 0.0312. The first-order valence-corrected chi connectivity index (χ1v) is 8.74. The summed E-state index contributed by atoms with van der Waals surface area (Å²) in [6.45, 7) is 7.10. The van der Waals surface area contributed by atoms with Crippen molar-refractivity contribution < 1.29 is 9.32 Å². The second-order valence-corrected chi connectivity index (χ2v) is 6.80. The first-order chi connectivity index (χ1) is 12.5. The highest BCUT2D eigenvalue weighted by molar-refractivity contribution is 5.94. The van der Waals surface area contributed by atoms with E-state index in [4.69, 9.17) is 4.52 Å². The van der Waals surface area contributed by atoms with Crippen molar-refractivity contribution in [3.63, 3.8) is 0 Å². The van der Waals surface area contributed by atoms with Gasteiger partial charge in [0.15, 0.2) is 5.82 Å². The topological polar surface area (TPSA) is 77.0 Å². The van der Waals surface area contributed by atoms with Crippen LogP contribution in [0.3, 0.4) is 0 Å². The van der Waals surface area contributed by atoms with Crippen molar-refractivity contribution in [1.29, 1.82) is 0 Å². The van der Waals surface area contributed by atoms with Crippen LogP contribution in [0.2, 0.25) is 0 Å². The molecule has 1 saturated heterocycles. The van der Waals surface area contributed by atoms with E-state index >= 15 is 0 Å². The van der Waals surface area contributed by atoms with Crippen LogP contribution in [0.4, 0.5) is 0 Å². The van der Waals surface area contributed by atoms with Crippen LogP contribution in [-0.4, -0.2) is 43.8 Å². The molecular weight excluding hydrogens is 330 g/mol. The van der Waals surface area contributed by atoms with Crippen molar-refractivity contribution in [2.24, 2.45) is 0 Å². The van der Waals surface area contributed by atoms with Gasteiger partial charge >= 0.3 is 0 Å². The van der Waals surface area contributed by atoms with Gasteiger partial charge in [0.05, 0.1) is 17.3 Å². The van der Waals surface area contributed by atoms with E-state index < -0.39 is 0 Å². The third-order valence-corrected chi connectivity index (χ3v) is 4.74. The number of hydrogen-bond donors (Lipinski definition) is 0. The minimum absolute atomic E-state index is 0.0312. The molecule has 1 amide bonds. The number of hydrogen-bond acceptors (Lipinski definition) is 5. The lowest BCUT2D eigenvalue weighted by atomic mass is 10.1. The molecule has 0 radical (unpaired) electrons. The molecule has 0 saturated carbocycles. The smallest absolute Gasteiger partial charge is 0.253 e. The van der Waals surface area contributed by atoms with Crippen LogP contribution in [0.25, 0.3) is 5.69 Å². The second-order valence-electron chi connectivity index (χ2n) is 6.80. The van der Waals surface area contributed by atoms with E-state index in [1.165, 1.54) is 0 Å². The van der Waals surface area contributed by atoms with Gasteiger partial charge in [0.25, 0.3) is 5.91 Å². The summed E-state index contributed by atoms with van der Waals surface area (Å²) >= 11 is 0. The molecular formula is C19H21N5O2. The van der Waals surface area contributed by atoms with Crippen LogP contribution in [-0.2, 0) is 0 Å². The van der Waals surface area contributed by atoms with Gasteiger partial charge in [0.2, 0.25) is 5.89 Å². The van der Waals surface area contributed by atoms with Gasteiger partial charge in [-0.25, -0.2) is 4.68 Å². The van der Waals surface area contributed by atoms with Gasteiger partial charge in [-0.2, -0.15) is 10.1 Å². The van der Waals surface area contributed by atoms with Crippen molar-refractivity contribution in [2.75, 3.05) is 13.1 Å². The van der Waals surface area contributed by atoms with Crippen molar-refractivity contribution in [1.82, 2.24) is 24.8 Å². The summed E-state index contributed by atoms with van der Waals surface area (Å²) in [6.07, 6.45) is 0.844. The Labute approximate surface area is 151 Å². The fourth-order valence-electron chi connectivity index (χ4n) is 3.44. The highest BCUT2D eigenvalue weighted by atomic mass is 16.5. The fourth-order valence-corrected chi connectivity index (χ4v) is 3.44. The predicted octanol–water partition coefficient (Wildman–Crippen LogP) is 2.81. The fraction of sp³-hybridized carbons (Fsp3) is 0.368. The summed E-state index contributed by atoms with van der Waals surface area (Å²) in [5.74, 6) is 1.40. The van der Waals surface area contributed by atoms with E-state index in [1.54, 1.807) is 6.92 Å². The Balaban J connectivity index is 1.48. The zero-order chi connectivity index (χ0) is 18.3. The Bertz CT molecular complexity index is 941. The summed E-state index contributed by atoms with van der Waals surface area (Å²) in [6, 6.07) is 9.61. The number of likely N-dealkylation sites (tertiary alicyclic amines) is 1. The number of carbonyl (C=O) groups is 1. The highest BCUT2D eigenvalue weighted by Gasteiger charge is 2.31. The quantitative estimate of drug-likeness (QED) is 0.725. The summed E-state index contributed by atoms with van der Waals surface area (Å²) in [5, 5.41) is 8.31. The van der Waals surface area contributed by atoms with Gasteiger partial charge < -0.3 is 9.42 Å². The molecule has 1 atom stereocenters. The summed E-state index contributed by atoms with van der Waals surface area (Å²) in [5.41, 5.74) is 3.67. The van der Waals surface area contributed by atoms with Gasteiger partial charge in [-0.1, -0.05) is 5.16 Å². The predicted molar refractivity (Wildman–Crippen MR) is 95.3 cm³/mol. The standard InChI is InChI=1S/C19H21N5O2/c1-12-10-13(2)24(21-12)17-6-4-15(5-7-17)19(25)23-9-8-16(11-23)18-20-14(3)22-26-18/h4-7,10,16H,8-9,11H2,1-3H3. The monoisotopic (exact) mass is 351 g/mol. The largest absolute Gasteiger partial charge is 0.339 e. The Kier molecular flexibility index (Phi) is 4.06. The zero-order valence-electron chi connectivity index (χ0n) is 15.1. The first kappa shape index (κ1) is 16.5. The highest BCUT2D eigenvalue weighted by Crippen LogP contribution is 2.27. The maximum Gasteiger partial charge on any atom is 0.253 e. The van der Waals surface area contributed by atoms with E-state index in [1.807, 2.05) is 53.8 Å². The third-order valence-electron chi connectivity index (χ3n) is 4.74. The number of aromatic nitrogens is 4. The van der Waals surface area contributed by atoms with Crippen molar-refractivity contribution in [2.45, 2.75) is 33.1 Å². The molecule has 4 rings (SSSR count). The molecule has 1 aliphatic heterocycles. The van der Waals surface area contributed by atoms with Gasteiger partial charge in [-0.05, 0) is 57.5 Å². The van der Waals surface area contributed by atoms with Crippen LogP contribution in [0.15, 0.2) is 34.9 Å². The molecule has 0 aliphatic carbocycles. The normalized spacial score (nSPS) is 17.0. The average molecular weight is 351 g/mol. The van der Waals surface area contributed by atoms with Crippen molar-refractivity contribution in [3.8, 4) is 5.69 Å². The number of benzene rings is 1. The number of aryl methyl sites for hydroxylation is 3. The molecule has 0 spiro atoms. The lowest BCUT2D eigenvalue weighted by molar-refractivity contribution is 0.0789. The maximum atomic E-state index is 12.8. The molecule has 134 valence electrons. The summed E-state index contributed by atoms with van der Waals surface area (Å²) in [7, 11) is 0. The molecule has 7 heteroatoms. The van der Waals surface area contributed by atoms with E-state index in [0.29, 0.717) is 30.4 Å². The average Bonchev–Trinajstić information content (AvgIpc) is 3.34. The lowest BCUT2D eigenvalue weighted by Gasteiger charge is -2.16. The number of nitrogens with zero attached hydrogens (tertiary/aromatic N) is 5. The minimum Gasteiger partial charge on any atom is -0.339 e. The molecule has 0 N–H and O–H groups in total. The van der Waals surface area contributed by atoms with E-state index in [2.05, 4.69) is 15.2 Å². The molecule has 3 heterocycles.